The molecule has 0 aliphatic carbocycles. The number of nitrogens with zero attached hydrogens (tertiary/aromatic N) is 3. The van der Waals surface area contributed by atoms with Crippen molar-refractivity contribution in [3.8, 4) is 17.3 Å². The second-order valence-electron chi connectivity index (χ2n) is 3.35. The molecule has 82 valence electrons. The number of ether oxygens (including phenoxy) is 1. The second kappa shape index (κ2) is 4.14. The summed E-state index contributed by atoms with van der Waals surface area (Å²) in [4.78, 5) is 12.4. The Morgan fingerprint density at radius 3 is 2.81 bits per heavy atom. The van der Waals surface area contributed by atoms with Crippen LogP contribution in [0.4, 0.5) is 5.82 Å². The minimum atomic E-state index is 0.490. The first-order valence-electron chi connectivity index (χ1n) is 4.80. The largest absolute Gasteiger partial charge is 0.481 e. The van der Waals surface area contributed by atoms with Gasteiger partial charge in [0.05, 0.1) is 7.11 Å². The molecule has 0 aliphatic rings. The van der Waals surface area contributed by atoms with Crippen LogP contribution in [-0.2, 0) is 0 Å². The van der Waals surface area contributed by atoms with Crippen molar-refractivity contribution in [3.05, 3.63) is 30.1 Å². The maximum Gasteiger partial charge on any atom is 0.216 e. The van der Waals surface area contributed by atoms with E-state index in [9.17, 15) is 0 Å². The topological polar surface area (TPSA) is 73.9 Å². The van der Waals surface area contributed by atoms with Gasteiger partial charge in [-0.05, 0) is 18.6 Å². The molecule has 5 nitrogen and oxygen atoms in total. The van der Waals surface area contributed by atoms with Gasteiger partial charge in [-0.1, -0.05) is 0 Å². The molecule has 0 aromatic carbocycles. The summed E-state index contributed by atoms with van der Waals surface area (Å²) in [6.45, 7) is 1.94. The number of pyridine rings is 1. The van der Waals surface area contributed by atoms with E-state index in [4.69, 9.17) is 10.5 Å². The summed E-state index contributed by atoms with van der Waals surface area (Å²) in [6.07, 6.45) is 3.32. The summed E-state index contributed by atoms with van der Waals surface area (Å²) in [5, 5.41) is 0. The lowest BCUT2D eigenvalue weighted by molar-refractivity contribution is 0.397. The molecule has 2 aromatic heterocycles. The van der Waals surface area contributed by atoms with Crippen LogP contribution in [0.5, 0.6) is 5.88 Å². The monoisotopic (exact) mass is 216 g/mol. The van der Waals surface area contributed by atoms with Crippen molar-refractivity contribution in [2.45, 2.75) is 6.92 Å². The highest BCUT2D eigenvalue weighted by molar-refractivity contribution is 5.60. The Labute approximate surface area is 93.3 Å². The Kier molecular flexibility index (Phi) is 2.68. The Bertz CT molecular complexity index is 513. The van der Waals surface area contributed by atoms with Crippen molar-refractivity contribution in [3.63, 3.8) is 0 Å². The van der Waals surface area contributed by atoms with E-state index in [2.05, 4.69) is 15.0 Å². The molecule has 5 heteroatoms. The molecule has 0 saturated heterocycles. The first-order valence-corrected chi connectivity index (χ1v) is 4.80. The van der Waals surface area contributed by atoms with Crippen molar-refractivity contribution < 1.29 is 4.74 Å². The maximum atomic E-state index is 5.59. The van der Waals surface area contributed by atoms with Crippen molar-refractivity contribution in [1.29, 1.82) is 0 Å². The van der Waals surface area contributed by atoms with E-state index < -0.39 is 0 Å². The van der Waals surface area contributed by atoms with E-state index in [1.54, 1.807) is 31.6 Å². The average Bonchev–Trinajstić information content (AvgIpc) is 2.29. The molecule has 2 heterocycles. The molecule has 16 heavy (non-hydrogen) atoms. The van der Waals surface area contributed by atoms with Crippen LogP contribution in [0.2, 0.25) is 0 Å². The molecule has 0 atom stereocenters. The van der Waals surface area contributed by atoms with Gasteiger partial charge in [-0.15, -0.1) is 0 Å². The summed E-state index contributed by atoms with van der Waals surface area (Å²) in [5.41, 5.74) is 7.43. The van der Waals surface area contributed by atoms with E-state index >= 15 is 0 Å². The molecule has 0 saturated carbocycles. The predicted octanol–water partition coefficient (Wildman–Crippen LogP) is 1.44. The van der Waals surface area contributed by atoms with E-state index in [0.717, 1.165) is 11.1 Å². The molecule has 0 radical (unpaired) electrons. The van der Waals surface area contributed by atoms with Gasteiger partial charge in [0.2, 0.25) is 5.88 Å². The van der Waals surface area contributed by atoms with Gasteiger partial charge in [-0.2, -0.15) is 4.98 Å². The summed E-state index contributed by atoms with van der Waals surface area (Å²) in [6, 6.07) is 3.49. The number of nitrogens with two attached hydrogens (primary N) is 1. The normalized spacial score (nSPS) is 10.1. The van der Waals surface area contributed by atoms with Gasteiger partial charge in [0.1, 0.15) is 5.82 Å². The van der Waals surface area contributed by atoms with Gasteiger partial charge in [-0.25, -0.2) is 9.97 Å². The minimum Gasteiger partial charge on any atom is -0.481 e. The fraction of sp³-hybridized carbons (Fsp3) is 0.182. The van der Waals surface area contributed by atoms with Gasteiger partial charge < -0.3 is 10.5 Å². The molecule has 2 rings (SSSR count). The summed E-state index contributed by atoms with van der Waals surface area (Å²) >= 11 is 0. The fourth-order valence-corrected chi connectivity index (χ4v) is 1.40. The smallest absolute Gasteiger partial charge is 0.216 e. The van der Waals surface area contributed by atoms with Crippen LogP contribution in [0.1, 0.15) is 5.56 Å². The first kappa shape index (κ1) is 10.4. The molecular weight excluding hydrogens is 204 g/mol. The third kappa shape index (κ3) is 1.93. The highest BCUT2D eigenvalue weighted by atomic mass is 16.5. The lowest BCUT2D eigenvalue weighted by Crippen LogP contribution is -1.97. The molecule has 0 fully saturated rings. The Morgan fingerprint density at radius 1 is 1.31 bits per heavy atom. The van der Waals surface area contributed by atoms with Crippen LogP contribution in [0, 0.1) is 6.92 Å². The van der Waals surface area contributed by atoms with E-state index in [1.165, 1.54) is 0 Å². The zero-order valence-electron chi connectivity index (χ0n) is 9.14. The number of rotatable bonds is 2. The van der Waals surface area contributed by atoms with Crippen LogP contribution < -0.4 is 10.5 Å². The Hall–Kier alpha value is -2.17. The zero-order chi connectivity index (χ0) is 11.5. The highest BCUT2D eigenvalue weighted by Crippen LogP contribution is 2.21. The van der Waals surface area contributed by atoms with Gasteiger partial charge in [0.25, 0.3) is 0 Å². The predicted molar refractivity (Wildman–Crippen MR) is 61.0 cm³/mol. The molecule has 0 amide bonds. The molecular formula is C11H12N4O. The molecule has 2 N–H and O–H groups in total. The van der Waals surface area contributed by atoms with E-state index in [-0.39, 0.29) is 0 Å². The second-order valence-corrected chi connectivity index (χ2v) is 3.35. The number of methoxy groups -OCH3 is 1. The summed E-state index contributed by atoms with van der Waals surface area (Å²) in [5.74, 6) is 1.61. The van der Waals surface area contributed by atoms with Crippen LogP contribution >= 0.6 is 0 Å². The molecule has 0 aliphatic heterocycles. The lowest BCUT2D eigenvalue weighted by Gasteiger charge is -2.05. The fourth-order valence-electron chi connectivity index (χ4n) is 1.40. The number of hydrogen-bond acceptors (Lipinski definition) is 5. The third-order valence-electron chi connectivity index (χ3n) is 2.21. The third-order valence-corrected chi connectivity index (χ3v) is 2.21. The van der Waals surface area contributed by atoms with Gasteiger partial charge >= 0.3 is 0 Å². The van der Waals surface area contributed by atoms with Crippen molar-refractivity contribution in [2.75, 3.05) is 12.8 Å². The van der Waals surface area contributed by atoms with E-state index in [0.29, 0.717) is 17.5 Å². The van der Waals surface area contributed by atoms with Gasteiger partial charge in [0, 0.05) is 24.0 Å². The minimum absolute atomic E-state index is 0.490. The number of anilines is 1. The van der Waals surface area contributed by atoms with Crippen LogP contribution in [-0.4, -0.2) is 22.1 Å². The SMILES string of the molecule is COc1ccnc(-c2cnc(N)cc2C)n1. The van der Waals surface area contributed by atoms with Crippen molar-refractivity contribution >= 4 is 5.82 Å². The Balaban J connectivity index is 2.49. The quantitative estimate of drug-likeness (QED) is 0.822. The summed E-state index contributed by atoms with van der Waals surface area (Å²) in [7, 11) is 1.57. The number of aromatic nitrogens is 3. The lowest BCUT2D eigenvalue weighted by atomic mass is 10.1. The summed E-state index contributed by atoms with van der Waals surface area (Å²) < 4.78 is 5.04. The maximum absolute atomic E-state index is 5.59. The average molecular weight is 216 g/mol. The molecule has 0 bridgehead atoms. The van der Waals surface area contributed by atoms with Gasteiger partial charge in [-0.3, -0.25) is 0 Å². The highest BCUT2D eigenvalue weighted by Gasteiger charge is 2.07. The van der Waals surface area contributed by atoms with Crippen molar-refractivity contribution in [1.82, 2.24) is 15.0 Å². The van der Waals surface area contributed by atoms with Crippen molar-refractivity contribution in [2.24, 2.45) is 0 Å². The van der Waals surface area contributed by atoms with E-state index in [1.807, 2.05) is 6.92 Å². The molecule has 0 unspecified atom stereocenters. The standard InChI is InChI=1S/C11H12N4O/c1-7-5-9(12)14-6-8(7)11-13-4-3-10(15-11)16-2/h3-6H,1-2H3,(H2,12,14). The number of nitrogen functional groups attached to an aromatic ring is 1. The molecule has 2 aromatic rings. The first-order chi connectivity index (χ1) is 7.70. The number of hydrogen-bond donors (Lipinski definition) is 1. The molecule has 0 spiro atoms. The zero-order valence-corrected chi connectivity index (χ0v) is 9.14. The number of aryl methyl sites for hydroxylation is 1. The van der Waals surface area contributed by atoms with Crippen LogP contribution in [0.15, 0.2) is 24.5 Å². The van der Waals surface area contributed by atoms with Gasteiger partial charge in [0.15, 0.2) is 5.82 Å². The van der Waals surface area contributed by atoms with Crippen LogP contribution in [0.25, 0.3) is 11.4 Å². The Morgan fingerprint density at radius 2 is 2.12 bits per heavy atom. The van der Waals surface area contributed by atoms with Crippen LogP contribution in [0.3, 0.4) is 0 Å².